The lowest BCUT2D eigenvalue weighted by Crippen LogP contribution is -2.56. The maximum atomic E-state index is 5.63. The maximum Gasteiger partial charge on any atom is 0.427 e. The van der Waals surface area contributed by atoms with Crippen molar-refractivity contribution in [1.29, 1.82) is 0 Å². The average molecular weight is 219 g/mol. The summed E-state index contributed by atoms with van der Waals surface area (Å²) in [5.41, 5.74) is 0. The molecule has 0 aromatic heterocycles. The van der Waals surface area contributed by atoms with Gasteiger partial charge in [-0.3, -0.25) is 4.57 Å². The molecule has 3 nitrogen and oxygen atoms in total. The summed E-state index contributed by atoms with van der Waals surface area (Å²) in [5.74, 6) is 0.647. The van der Waals surface area contributed by atoms with Crippen LogP contribution in [0.15, 0.2) is 0 Å². The first-order valence-corrected chi connectivity index (χ1v) is 7.31. The predicted octanol–water partition coefficient (Wildman–Crippen LogP) is 2.22. The van der Waals surface area contributed by atoms with Gasteiger partial charge >= 0.3 is 8.72 Å². The Bertz CT molecular complexity index is 149. The smallest absolute Gasteiger partial charge is 0.386 e. The van der Waals surface area contributed by atoms with E-state index in [0.29, 0.717) is 5.92 Å². The highest BCUT2D eigenvalue weighted by Gasteiger charge is 2.40. The van der Waals surface area contributed by atoms with Crippen LogP contribution in [0.1, 0.15) is 27.2 Å². The Morgan fingerprint density at radius 3 is 2.00 bits per heavy atom. The summed E-state index contributed by atoms with van der Waals surface area (Å²) in [6.07, 6.45) is 1.11. The molecule has 0 aromatic rings. The molecule has 0 aliphatic carbocycles. The van der Waals surface area contributed by atoms with E-state index in [-0.39, 0.29) is 0 Å². The summed E-state index contributed by atoms with van der Waals surface area (Å²) in [6, 6.07) is 1.03. The Morgan fingerprint density at radius 2 is 1.71 bits per heavy atom. The van der Waals surface area contributed by atoms with Gasteiger partial charge in [0.05, 0.1) is 0 Å². The van der Waals surface area contributed by atoms with E-state index in [9.17, 15) is 0 Å². The molecule has 0 fully saturated rings. The SMILES string of the molecule is CCC[Si](OC)(OC)N(C)CC(C)C. The van der Waals surface area contributed by atoms with Crippen molar-refractivity contribution in [2.75, 3.05) is 27.8 Å². The second-order valence-electron chi connectivity index (χ2n) is 4.15. The van der Waals surface area contributed by atoms with Crippen LogP contribution in [0.3, 0.4) is 0 Å². The largest absolute Gasteiger partial charge is 0.427 e. The van der Waals surface area contributed by atoms with Crippen molar-refractivity contribution in [3.63, 3.8) is 0 Å². The summed E-state index contributed by atoms with van der Waals surface area (Å²) >= 11 is 0. The van der Waals surface area contributed by atoms with Gasteiger partial charge in [-0.1, -0.05) is 27.2 Å². The molecule has 0 heterocycles. The third kappa shape index (κ3) is 3.69. The third-order valence-electron chi connectivity index (χ3n) is 2.42. The van der Waals surface area contributed by atoms with Crippen molar-refractivity contribution in [3.05, 3.63) is 0 Å². The van der Waals surface area contributed by atoms with Crippen LogP contribution in [0.2, 0.25) is 6.04 Å². The van der Waals surface area contributed by atoms with Crippen molar-refractivity contribution in [2.24, 2.45) is 5.92 Å². The second kappa shape index (κ2) is 6.56. The summed E-state index contributed by atoms with van der Waals surface area (Å²) < 4.78 is 13.5. The minimum absolute atomic E-state index is 0.647. The van der Waals surface area contributed by atoms with Crippen LogP contribution in [0.4, 0.5) is 0 Å². The summed E-state index contributed by atoms with van der Waals surface area (Å²) in [5, 5.41) is 0. The number of hydrogen-bond acceptors (Lipinski definition) is 3. The van der Waals surface area contributed by atoms with Crippen molar-refractivity contribution in [3.8, 4) is 0 Å². The molecule has 0 radical (unpaired) electrons. The van der Waals surface area contributed by atoms with Crippen LogP contribution in [0, 0.1) is 5.92 Å². The van der Waals surface area contributed by atoms with Gasteiger partial charge in [-0.2, -0.15) is 0 Å². The topological polar surface area (TPSA) is 21.7 Å². The van der Waals surface area contributed by atoms with Gasteiger partial charge in [0.2, 0.25) is 0 Å². The minimum Gasteiger partial charge on any atom is -0.386 e. The van der Waals surface area contributed by atoms with Gasteiger partial charge in [0.15, 0.2) is 0 Å². The molecule has 0 aliphatic rings. The fraction of sp³-hybridized carbons (Fsp3) is 1.00. The van der Waals surface area contributed by atoms with E-state index in [1.54, 1.807) is 14.2 Å². The molecule has 0 atom stereocenters. The Balaban J connectivity index is 4.43. The van der Waals surface area contributed by atoms with Crippen LogP contribution in [0.5, 0.6) is 0 Å². The van der Waals surface area contributed by atoms with Crippen LogP contribution in [-0.4, -0.2) is 41.1 Å². The lowest BCUT2D eigenvalue weighted by Gasteiger charge is -2.36. The van der Waals surface area contributed by atoms with Gasteiger partial charge in [0.1, 0.15) is 0 Å². The Hall–Kier alpha value is 0.0969. The van der Waals surface area contributed by atoms with Gasteiger partial charge in [0.25, 0.3) is 0 Å². The molecule has 86 valence electrons. The van der Waals surface area contributed by atoms with Crippen molar-refractivity contribution < 1.29 is 8.85 Å². The summed E-state index contributed by atoms with van der Waals surface area (Å²) in [7, 11) is 3.56. The average Bonchev–Trinajstić information content (AvgIpc) is 2.13. The molecule has 0 N–H and O–H groups in total. The highest BCUT2D eigenvalue weighted by molar-refractivity contribution is 6.64. The van der Waals surface area contributed by atoms with Crippen molar-refractivity contribution >= 4 is 8.72 Å². The van der Waals surface area contributed by atoms with Gasteiger partial charge in [-0.25, -0.2) is 0 Å². The Kier molecular flexibility index (Phi) is 6.60. The summed E-state index contributed by atoms with van der Waals surface area (Å²) in [4.78, 5) is 0. The molecule has 0 rings (SSSR count). The first-order chi connectivity index (χ1) is 6.52. The number of nitrogens with zero attached hydrogens (tertiary/aromatic N) is 1. The highest BCUT2D eigenvalue weighted by Crippen LogP contribution is 2.18. The molecule has 0 aliphatic heterocycles. The zero-order valence-corrected chi connectivity index (χ0v) is 11.5. The molecule has 0 saturated heterocycles. The quantitative estimate of drug-likeness (QED) is 0.613. The van der Waals surface area contributed by atoms with Gasteiger partial charge in [0, 0.05) is 20.3 Å². The maximum absolute atomic E-state index is 5.63. The zero-order chi connectivity index (χ0) is 11.2. The van der Waals surface area contributed by atoms with Gasteiger partial charge in [-0.15, -0.1) is 0 Å². The lowest BCUT2D eigenvalue weighted by atomic mass is 10.2. The highest BCUT2D eigenvalue weighted by atomic mass is 28.4. The standard InChI is InChI=1S/C10H25NO2Si/c1-7-8-14(12-5,13-6)11(4)9-10(2)3/h10H,7-9H2,1-6H3. The lowest BCUT2D eigenvalue weighted by molar-refractivity contribution is 0.168. The number of hydrogen-bond donors (Lipinski definition) is 0. The van der Waals surface area contributed by atoms with E-state index in [4.69, 9.17) is 8.85 Å². The number of rotatable bonds is 7. The first-order valence-electron chi connectivity index (χ1n) is 5.34. The molecular weight excluding hydrogens is 194 g/mol. The Labute approximate surface area is 89.7 Å². The van der Waals surface area contributed by atoms with Crippen molar-refractivity contribution in [1.82, 2.24) is 4.57 Å². The zero-order valence-electron chi connectivity index (χ0n) is 10.5. The van der Waals surface area contributed by atoms with Crippen LogP contribution < -0.4 is 0 Å². The molecule has 0 spiro atoms. The molecule has 0 saturated carbocycles. The Morgan fingerprint density at radius 1 is 1.21 bits per heavy atom. The van der Waals surface area contributed by atoms with Crippen LogP contribution in [0.25, 0.3) is 0 Å². The molecule has 0 aromatic carbocycles. The van der Waals surface area contributed by atoms with Crippen LogP contribution in [-0.2, 0) is 8.85 Å². The first kappa shape index (κ1) is 14.1. The molecule has 0 amide bonds. The molecule has 0 bridgehead atoms. The van der Waals surface area contributed by atoms with Crippen LogP contribution >= 0.6 is 0 Å². The molecule has 14 heavy (non-hydrogen) atoms. The minimum atomic E-state index is -2.08. The third-order valence-corrected chi connectivity index (χ3v) is 6.18. The fourth-order valence-corrected chi connectivity index (χ4v) is 4.65. The van der Waals surface area contributed by atoms with E-state index in [1.165, 1.54) is 0 Å². The van der Waals surface area contributed by atoms with E-state index < -0.39 is 8.72 Å². The predicted molar refractivity (Wildman–Crippen MR) is 62.3 cm³/mol. The van der Waals surface area contributed by atoms with E-state index >= 15 is 0 Å². The molecule has 0 unspecified atom stereocenters. The van der Waals surface area contributed by atoms with Crippen molar-refractivity contribution in [2.45, 2.75) is 33.2 Å². The van der Waals surface area contributed by atoms with E-state index in [1.807, 2.05) is 0 Å². The fourth-order valence-electron chi connectivity index (χ4n) is 1.79. The van der Waals surface area contributed by atoms with Gasteiger partial charge in [-0.05, 0) is 19.5 Å². The van der Waals surface area contributed by atoms with E-state index in [0.717, 1.165) is 19.0 Å². The molecular formula is C10H25NO2Si. The van der Waals surface area contributed by atoms with Gasteiger partial charge < -0.3 is 8.85 Å². The normalized spacial score (nSPS) is 12.9. The monoisotopic (exact) mass is 219 g/mol. The second-order valence-corrected chi connectivity index (χ2v) is 7.65. The van der Waals surface area contributed by atoms with E-state index in [2.05, 4.69) is 32.4 Å². The molecule has 4 heteroatoms. The summed E-state index contributed by atoms with van der Waals surface area (Å²) in [6.45, 7) is 7.64.